The van der Waals surface area contributed by atoms with Gasteiger partial charge in [0.15, 0.2) is 0 Å². The van der Waals surface area contributed by atoms with E-state index in [2.05, 4.69) is 21.7 Å². The number of aromatic nitrogens is 3. The van der Waals surface area contributed by atoms with E-state index in [9.17, 15) is 14.4 Å². The van der Waals surface area contributed by atoms with Crippen LogP contribution in [-0.4, -0.2) is 25.6 Å². The summed E-state index contributed by atoms with van der Waals surface area (Å²) in [6.07, 6.45) is 2.55. The number of carbonyl (C=O) groups excluding carboxylic acids is 1. The molecule has 0 spiro atoms. The quantitative estimate of drug-likeness (QED) is 0.328. The largest absolute Gasteiger partial charge is 0.408 e. The van der Waals surface area contributed by atoms with Gasteiger partial charge < -0.3 is 5.21 Å². The van der Waals surface area contributed by atoms with Crippen LogP contribution in [0.5, 0.6) is 0 Å². The number of halogens is 2. The second-order valence-electron chi connectivity index (χ2n) is 4.76. The summed E-state index contributed by atoms with van der Waals surface area (Å²) in [7, 11) is 0. The van der Waals surface area contributed by atoms with Crippen LogP contribution in [0.3, 0.4) is 0 Å². The molecular weight excluding hydrogens is 367 g/mol. The summed E-state index contributed by atoms with van der Waals surface area (Å²) in [5, 5.41) is 12.5. The van der Waals surface area contributed by atoms with Gasteiger partial charge in [-0.3, -0.25) is 4.79 Å². The number of hydrogen-bond acceptors (Lipinski definition) is 6. The van der Waals surface area contributed by atoms with Crippen molar-refractivity contribution in [2.75, 3.05) is 0 Å². The maximum absolute atomic E-state index is 13.3. The van der Waals surface area contributed by atoms with Gasteiger partial charge >= 0.3 is 0 Å². The van der Waals surface area contributed by atoms with Crippen molar-refractivity contribution in [3.8, 4) is 21.8 Å². The van der Waals surface area contributed by atoms with Gasteiger partial charge in [-0.1, -0.05) is 23.1 Å². The Kier molecular flexibility index (Phi) is 4.73. The Morgan fingerprint density at radius 2 is 2.08 bits per heavy atom. The molecule has 0 amide bonds. The highest BCUT2D eigenvalue weighted by Gasteiger charge is 2.21. The Hall–Kier alpha value is -2.84. The average Bonchev–Trinajstić information content (AvgIpc) is 3.01. The van der Waals surface area contributed by atoms with Gasteiger partial charge in [0.25, 0.3) is 5.91 Å². The van der Waals surface area contributed by atoms with Crippen molar-refractivity contribution < 1.29 is 14.4 Å². The first kappa shape index (κ1) is 17.0. The second kappa shape index (κ2) is 6.96. The van der Waals surface area contributed by atoms with Crippen LogP contribution in [0.25, 0.3) is 21.8 Å². The molecule has 3 aromatic rings. The molecule has 126 valence electrons. The summed E-state index contributed by atoms with van der Waals surface area (Å²) < 4.78 is 14.5. The summed E-state index contributed by atoms with van der Waals surface area (Å²) >= 11 is 6.88. The maximum Gasteiger partial charge on any atom is 0.256 e. The fourth-order valence-electron chi connectivity index (χ4n) is 2.25. The lowest BCUT2D eigenvalue weighted by Gasteiger charge is -2.08. The van der Waals surface area contributed by atoms with E-state index in [0.717, 1.165) is 17.4 Å². The molecule has 0 aliphatic heterocycles. The van der Waals surface area contributed by atoms with Crippen LogP contribution in [0.2, 0.25) is 5.28 Å². The SMILES string of the molecule is C=CC(=O)n1c(-c2ccc(F)cc2)c(-c2ccnc(Cl)n2)s/c1=N/O. The third kappa shape index (κ3) is 3.21. The Morgan fingerprint density at radius 3 is 2.68 bits per heavy atom. The van der Waals surface area contributed by atoms with E-state index in [0.29, 0.717) is 21.8 Å². The maximum atomic E-state index is 13.3. The minimum atomic E-state index is -0.505. The number of benzene rings is 1. The van der Waals surface area contributed by atoms with Crippen molar-refractivity contribution >= 4 is 28.8 Å². The fraction of sp³-hybridized carbons (Fsp3) is 0. The zero-order chi connectivity index (χ0) is 18.0. The highest BCUT2D eigenvalue weighted by atomic mass is 35.5. The molecule has 0 aliphatic rings. The molecule has 25 heavy (non-hydrogen) atoms. The Bertz CT molecular complexity index is 1030. The number of allylic oxidation sites excluding steroid dienone is 1. The van der Waals surface area contributed by atoms with Gasteiger partial charge in [0.2, 0.25) is 10.1 Å². The number of rotatable bonds is 3. The highest BCUT2D eigenvalue weighted by molar-refractivity contribution is 7.13. The van der Waals surface area contributed by atoms with E-state index in [1.807, 2.05) is 0 Å². The minimum absolute atomic E-state index is 0.0222. The Morgan fingerprint density at radius 1 is 1.36 bits per heavy atom. The van der Waals surface area contributed by atoms with Gasteiger partial charge in [-0.15, -0.1) is 0 Å². The zero-order valence-electron chi connectivity index (χ0n) is 12.6. The smallest absolute Gasteiger partial charge is 0.256 e. The van der Waals surface area contributed by atoms with Crippen molar-refractivity contribution in [1.82, 2.24) is 14.5 Å². The summed E-state index contributed by atoms with van der Waals surface area (Å²) in [5.74, 6) is -0.922. The summed E-state index contributed by atoms with van der Waals surface area (Å²) in [6.45, 7) is 3.46. The number of nitrogens with zero attached hydrogens (tertiary/aromatic N) is 4. The lowest BCUT2D eigenvalue weighted by Crippen LogP contribution is -2.22. The third-order valence-electron chi connectivity index (χ3n) is 3.28. The van der Waals surface area contributed by atoms with Crippen LogP contribution < -0.4 is 4.80 Å². The minimum Gasteiger partial charge on any atom is -0.408 e. The number of thiazole rings is 1. The Balaban J connectivity index is 2.39. The molecule has 0 aliphatic carbocycles. The molecule has 1 aromatic carbocycles. The first-order chi connectivity index (χ1) is 12.0. The summed E-state index contributed by atoms with van der Waals surface area (Å²) in [6, 6.07) is 7.16. The van der Waals surface area contributed by atoms with E-state index in [-0.39, 0.29) is 10.1 Å². The molecule has 0 saturated heterocycles. The van der Waals surface area contributed by atoms with Gasteiger partial charge in [0.1, 0.15) is 5.82 Å². The van der Waals surface area contributed by atoms with Gasteiger partial charge in [0, 0.05) is 11.8 Å². The molecule has 0 bridgehead atoms. The van der Waals surface area contributed by atoms with Crippen molar-refractivity contribution in [2.24, 2.45) is 5.16 Å². The van der Waals surface area contributed by atoms with E-state index in [1.165, 1.54) is 35.0 Å². The molecule has 6 nitrogen and oxygen atoms in total. The number of hydrogen-bond donors (Lipinski definition) is 1. The molecule has 0 radical (unpaired) electrons. The normalized spacial score (nSPS) is 11.5. The zero-order valence-corrected chi connectivity index (χ0v) is 14.1. The predicted octanol–water partition coefficient (Wildman–Crippen LogP) is 3.58. The van der Waals surface area contributed by atoms with E-state index in [1.54, 1.807) is 6.07 Å². The molecule has 3 rings (SSSR count). The third-order valence-corrected chi connectivity index (χ3v) is 4.52. The number of carbonyl (C=O) groups is 1. The summed E-state index contributed by atoms with van der Waals surface area (Å²) in [4.78, 5) is 20.8. The lowest BCUT2D eigenvalue weighted by atomic mass is 10.1. The molecule has 0 fully saturated rings. The van der Waals surface area contributed by atoms with Crippen LogP contribution in [0.1, 0.15) is 4.79 Å². The molecule has 9 heteroatoms. The summed E-state index contributed by atoms with van der Waals surface area (Å²) in [5.41, 5.74) is 1.36. The average molecular weight is 377 g/mol. The molecule has 0 saturated carbocycles. The fourth-order valence-corrected chi connectivity index (χ4v) is 3.41. The first-order valence-electron chi connectivity index (χ1n) is 6.90. The second-order valence-corrected chi connectivity index (χ2v) is 6.07. The van der Waals surface area contributed by atoms with E-state index < -0.39 is 11.7 Å². The lowest BCUT2D eigenvalue weighted by molar-refractivity contribution is 0.0965. The van der Waals surface area contributed by atoms with Gasteiger partial charge in [-0.05, 0) is 48.0 Å². The van der Waals surface area contributed by atoms with Crippen LogP contribution in [0.4, 0.5) is 4.39 Å². The van der Waals surface area contributed by atoms with Gasteiger partial charge in [-0.25, -0.2) is 18.9 Å². The van der Waals surface area contributed by atoms with Crippen molar-refractivity contribution in [1.29, 1.82) is 0 Å². The molecule has 2 heterocycles. The van der Waals surface area contributed by atoms with E-state index in [4.69, 9.17) is 11.6 Å². The molecule has 0 atom stereocenters. The molecule has 2 aromatic heterocycles. The van der Waals surface area contributed by atoms with Crippen LogP contribution >= 0.6 is 22.9 Å². The highest BCUT2D eigenvalue weighted by Crippen LogP contribution is 2.34. The van der Waals surface area contributed by atoms with E-state index >= 15 is 0 Å². The molecule has 1 N–H and O–H groups in total. The van der Waals surface area contributed by atoms with Crippen molar-refractivity contribution in [2.45, 2.75) is 0 Å². The first-order valence-corrected chi connectivity index (χ1v) is 8.10. The molecular formula is C16H10ClFN4O2S. The van der Waals surface area contributed by atoms with Crippen LogP contribution in [0, 0.1) is 5.82 Å². The van der Waals surface area contributed by atoms with Gasteiger partial charge in [-0.2, -0.15) is 0 Å². The van der Waals surface area contributed by atoms with Crippen LogP contribution in [-0.2, 0) is 0 Å². The Labute approximate surface area is 150 Å². The molecule has 0 unspecified atom stereocenters. The standard InChI is InChI=1S/C16H10ClFN4O2S/c1-2-12(23)22-13(9-3-5-10(18)6-4-9)14(25-16(22)21-24)11-7-8-19-15(17)20-11/h2-8,24H,1H2/b21-16+. The van der Waals surface area contributed by atoms with Gasteiger partial charge in [0.05, 0.1) is 16.3 Å². The van der Waals surface area contributed by atoms with Crippen LogP contribution in [0.15, 0.2) is 54.3 Å². The monoisotopic (exact) mass is 376 g/mol. The topological polar surface area (TPSA) is 80.4 Å². The van der Waals surface area contributed by atoms with Crippen molar-refractivity contribution in [3.63, 3.8) is 0 Å². The van der Waals surface area contributed by atoms with Crippen molar-refractivity contribution in [3.05, 3.63) is 65.1 Å². The predicted molar refractivity (Wildman–Crippen MR) is 91.9 cm³/mol.